The van der Waals surface area contributed by atoms with Gasteiger partial charge in [0.15, 0.2) is 0 Å². The van der Waals surface area contributed by atoms with Gasteiger partial charge in [0, 0.05) is 16.7 Å². The van der Waals surface area contributed by atoms with Crippen LogP contribution in [0.15, 0.2) is 22.7 Å². The molecular formula is C16H24BrN. The van der Waals surface area contributed by atoms with E-state index in [1.807, 2.05) is 0 Å². The van der Waals surface area contributed by atoms with Gasteiger partial charge in [-0.05, 0) is 54.9 Å². The van der Waals surface area contributed by atoms with Crippen LogP contribution in [0.4, 0.5) is 5.69 Å². The van der Waals surface area contributed by atoms with Crippen LogP contribution in [-0.4, -0.2) is 6.54 Å². The van der Waals surface area contributed by atoms with Crippen LogP contribution in [0.1, 0.15) is 45.1 Å². The van der Waals surface area contributed by atoms with E-state index in [2.05, 4.69) is 53.3 Å². The molecule has 2 rings (SSSR count). The van der Waals surface area contributed by atoms with Gasteiger partial charge in [-0.15, -0.1) is 0 Å². The average molecular weight is 310 g/mol. The number of rotatable bonds is 4. The largest absolute Gasteiger partial charge is 0.385 e. The molecule has 2 unspecified atom stereocenters. The zero-order valence-electron chi connectivity index (χ0n) is 11.5. The van der Waals surface area contributed by atoms with Gasteiger partial charge in [0.2, 0.25) is 0 Å². The van der Waals surface area contributed by atoms with E-state index >= 15 is 0 Å². The SMILES string of the molecule is CCc1cc(Br)ccc1NCC1CCCC(C)C1. The minimum absolute atomic E-state index is 0.863. The lowest BCUT2D eigenvalue weighted by atomic mass is 9.82. The van der Waals surface area contributed by atoms with Crippen LogP contribution in [0.2, 0.25) is 0 Å². The van der Waals surface area contributed by atoms with Crippen LogP contribution in [0, 0.1) is 11.8 Å². The van der Waals surface area contributed by atoms with Gasteiger partial charge in [0.05, 0.1) is 0 Å². The summed E-state index contributed by atoms with van der Waals surface area (Å²) < 4.78 is 1.18. The van der Waals surface area contributed by atoms with Gasteiger partial charge < -0.3 is 5.32 Å². The highest BCUT2D eigenvalue weighted by Crippen LogP contribution is 2.29. The first-order chi connectivity index (χ1) is 8.69. The van der Waals surface area contributed by atoms with Crippen LogP contribution in [0.25, 0.3) is 0 Å². The molecule has 1 aromatic carbocycles. The van der Waals surface area contributed by atoms with Crippen LogP contribution in [0.3, 0.4) is 0 Å². The molecular weight excluding hydrogens is 286 g/mol. The number of halogens is 1. The molecule has 18 heavy (non-hydrogen) atoms. The summed E-state index contributed by atoms with van der Waals surface area (Å²) in [6.45, 7) is 5.75. The maximum absolute atomic E-state index is 3.66. The smallest absolute Gasteiger partial charge is 0.0373 e. The first kappa shape index (κ1) is 13.9. The predicted octanol–water partition coefficient (Wildman–Crippen LogP) is 5.25. The van der Waals surface area contributed by atoms with Crippen molar-refractivity contribution in [2.45, 2.75) is 46.0 Å². The summed E-state index contributed by atoms with van der Waals surface area (Å²) in [5, 5.41) is 3.66. The molecule has 1 fully saturated rings. The summed E-state index contributed by atoms with van der Waals surface area (Å²) in [6.07, 6.45) is 6.71. The highest BCUT2D eigenvalue weighted by atomic mass is 79.9. The molecule has 0 saturated heterocycles. The third-order valence-electron chi connectivity index (χ3n) is 4.07. The molecule has 0 aliphatic heterocycles. The Morgan fingerprint density at radius 1 is 1.33 bits per heavy atom. The molecule has 1 aliphatic rings. The Hall–Kier alpha value is -0.500. The standard InChI is InChI=1S/C16H24BrN/c1-3-14-10-15(17)7-8-16(14)18-11-13-6-4-5-12(2)9-13/h7-8,10,12-13,18H,3-6,9,11H2,1-2H3. The number of anilines is 1. The van der Waals surface area contributed by atoms with Crippen molar-refractivity contribution in [2.75, 3.05) is 11.9 Å². The first-order valence-electron chi connectivity index (χ1n) is 7.21. The summed E-state index contributed by atoms with van der Waals surface area (Å²) in [6, 6.07) is 6.56. The highest BCUT2D eigenvalue weighted by molar-refractivity contribution is 9.10. The van der Waals surface area contributed by atoms with Crippen LogP contribution >= 0.6 is 15.9 Å². The van der Waals surface area contributed by atoms with Crippen molar-refractivity contribution in [3.8, 4) is 0 Å². The minimum atomic E-state index is 0.863. The van der Waals surface area contributed by atoms with Crippen molar-refractivity contribution in [1.82, 2.24) is 0 Å². The monoisotopic (exact) mass is 309 g/mol. The summed E-state index contributed by atoms with van der Waals surface area (Å²) in [7, 11) is 0. The fourth-order valence-electron chi connectivity index (χ4n) is 3.03. The Balaban J connectivity index is 1.93. The lowest BCUT2D eigenvalue weighted by Crippen LogP contribution is -2.21. The molecule has 1 saturated carbocycles. The maximum atomic E-state index is 3.66. The minimum Gasteiger partial charge on any atom is -0.385 e. The Morgan fingerprint density at radius 2 is 2.17 bits per heavy atom. The van der Waals surface area contributed by atoms with Crippen molar-refractivity contribution >= 4 is 21.6 Å². The van der Waals surface area contributed by atoms with Gasteiger partial charge in [-0.25, -0.2) is 0 Å². The topological polar surface area (TPSA) is 12.0 Å². The molecule has 0 radical (unpaired) electrons. The van der Waals surface area contributed by atoms with E-state index in [4.69, 9.17) is 0 Å². The third kappa shape index (κ3) is 3.74. The van der Waals surface area contributed by atoms with Crippen molar-refractivity contribution in [3.63, 3.8) is 0 Å². The summed E-state index contributed by atoms with van der Waals surface area (Å²) in [5.74, 6) is 1.78. The lowest BCUT2D eigenvalue weighted by molar-refractivity contribution is 0.293. The summed E-state index contributed by atoms with van der Waals surface area (Å²) in [5.41, 5.74) is 2.73. The highest BCUT2D eigenvalue weighted by Gasteiger charge is 2.18. The summed E-state index contributed by atoms with van der Waals surface area (Å²) in [4.78, 5) is 0. The molecule has 1 aromatic rings. The lowest BCUT2D eigenvalue weighted by Gasteiger charge is -2.27. The molecule has 1 aliphatic carbocycles. The van der Waals surface area contributed by atoms with Gasteiger partial charge in [-0.2, -0.15) is 0 Å². The zero-order chi connectivity index (χ0) is 13.0. The fourth-order valence-corrected chi connectivity index (χ4v) is 3.44. The van der Waals surface area contributed by atoms with E-state index in [0.29, 0.717) is 0 Å². The van der Waals surface area contributed by atoms with Crippen LogP contribution in [0.5, 0.6) is 0 Å². The summed E-state index contributed by atoms with van der Waals surface area (Å²) >= 11 is 3.54. The van der Waals surface area contributed by atoms with Crippen molar-refractivity contribution in [1.29, 1.82) is 0 Å². The molecule has 0 bridgehead atoms. The Kier molecular flexibility index (Phi) is 5.11. The molecule has 100 valence electrons. The number of benzene rings is 1. The van der Waals surface area contributed by atoms with E-state index in [1.165, 1.54) is 41.4 Å². The van der Waals surface area contributed by atoms with Gasteiger partial charge >= 0.3 is 0 Å². The van der Waals surface area contributed by atoms with Crippen LogP contribution < -0.4 is 5.32 Å². The van der Waals surface area contributed by atoms with Gasteiger partial charge in [-0.1, -0.05) is 42.6 Å². The molecule has 0 spiro atoms. The van der Waals surface area contributed by atoms with E-state index in [9.17, 15) is 0 Å². The fraction of sp³-hybridized carbons (Fsp3) is 0.625. The normalized spacial score (nSPS) is 23.9. The molecule has 0 amide bonds. The number of aryl methyl sites for hydroxylation is 1. The molecule has 0 heterocycles. The second-order valence-electron chi connectivity index (χ2n) is 5.67. The number of nitrogens with one attached hydrogen (secondary N) is 1. The van der Waals surface area contributed by atoms with Gasteiger partial charge in [-0.3, -0.25) is 0 Å². The molecule has 1 N–H and O–H groups in total. The van der Waals surface area contributed by atoms with Crippen molar-refractivity contribution < 1.29 is 0 Å². The van der Waals surface area contributed by atoms with Gasteiger partial charge in [0.25, 0.3) is 0 Å². The second-order valence-corrected chi connectivity index (χ2v) is 6.59. The first-order valence-corrected chi connectivity index (χ1v) is 8.00. The Bertz CT molecular complexity index is 389. The third-order valence-corrected chi connectivity index (χ3v) is 4.57. The second kappa shape index (κ2) is 6.60. The van der Waals surface area contributed by atoms with Crippen molar-refractivity contribution in [3.05, 3.63) is 28.2 Å². The molecule has 2 atom stereocenters. The maximum Gasteiger partial charge on any atom is 0.0373 e. The Morgan fingerprint density at radius 3 is 2.89 bits per heavy atom. The molecule has 1 nitrogen and oxygen atoms in total. The van der Waals surface area contributed by atoms with Crippen molar-refractivity contribution in [2.24, 2.45) is 11.8 Å². The number of hydrogen-bond acceptors (Lipinski definition) is 1. The quantitative estimate of drug-likeness (QED) is 0.801. The van der Waals surface area contributed by atoms with E-state index in [0.717, 1.165) is 24.8 Å². The van der Waals surface area contributed by atoms with E-state index < -0.39 is 0 Å². The number of hydrogen-bond donors (Lipinski definition) is 1. The van der Waals surface area contributed by atoms with E-state index in [1.54, 1.807) is 0 Å². The van der Waals surface area contributed by atoms with Gasteiger partial charge in [0.1, 0.15) is 0 Å². The predicted molar refractivity (Wildman–Crippen MR) is 83.1 cm³/mol. The Labute approximate surface area is 119 Å². The van der Waals surface area contributed by atoms with Crippen LogP contribution in [-0.2, 0) is 6.42 Å². The molecule has 0 aromatic heterocycles. The average Bonchev–Trinajstić information content (AvgIpc) is 2.37. The molecule has 2 heteroatoms. The zero-order valence-corrected chi connectivity index (χ0v) is 13.1. The van der Waals surface area contributed by atoms with E-state index in [-0.39, 0.29) is 0 Å².